The number of carbonyl (C=O) groups excluding carboxylic acids is 2. The first-order valence-electron chi connectivity index (χ1n) is 11.6. The Balaban J connectivity index is 1.22. The number of ether oxygens (including phenoxy) is 2. The molecular formula is C26H27N3O4S. The van der Waals surface area contributed by atoms with Gasteiger partial charge >= 0.3 is 0 Å². The molecule has 0 spiro atoms. The summed E-state index contributed by atoms with van der Waals surface area (Å²) in [6, 6.07) is 15.5. The van der Waals surface area contributed by atoms with Crippen LogP contribution in [0.2, 0.25) is 0 Å². The first-order chi connectivity index (χ1) is 16.6. The first kappa shape index (κ1) is 22.4. The summed E-state index contributed by atoms with van der Waals surface area (Å²) in [6.45, 7) is 2.20. The van der Waals surface area contributed by atoms with Crippen molar-refractivity contribution >= 4 is 28.3 Å². The molecular weight excluding hydrogens is 450 g/mol. The third kappa shape index (κ3) is 4.92. The maximum absolute atomic E-state index is 13.1. The van der Waals surface area contributed by atoms with E-state index in [4.69, 9.17) is 9.47 Å². The second kappa shape index (κ2) is 9.85. The molecule has 176 valence electrons. The lowest BCUT2D eigenvalue weighted by Gasteiger charge is -2.23. The number of hydrogen-bond acceptors (Lipinski definition) is 6. The van der Waals surface area contributed by atoms with E-state index in [1.165, 1.54) is 16.9 Å². The van der Waals surface area contributed by atoms with Crippen LogP contribution < -0.4 is 20.1 Å². The lowest BCUT2D eigenvalue weighted by molar-refractivity contribution is -0.123. The van der Waals surface area contributed by atoms with Gasteiger partial charge in [0.05, 0.1) is 11.6 Å². The van der Waals surface area contributed by atoms with Crippen molar-refractivity contribution < 1.29 is 19.1 Å². The maximum atomic E-state index is 13.1. The minimum atomic E-state index is -0.282. The quantitative estimate of drug-likeness (QED) is 0.516. The molecule has 34 heavy (non-hydrogen) atoms. The highest BCUT2D eigenvalue weighted by Gasteiger charge is 2.31. The van der Waals surface area contributed by atoms with Crippen molar-refractivity contribution in [2.75, 3.05) is 12.1 Å². The molecule has 1 aromatic heterocycles. The minimum absolute atomic E-state index is 0.0143. The Kier molecular flexibility index (Phi) is 6.49. The van der Waals surface area contributed by atoms with E-state index in [-0.39, 0.29) is 30.6 Å². The average Bonchev–Trinajstić information content (AvgIpc) is 3.49. The number of carbonyl (C=O) groups is 2. The Bertz CT molecular complexity index is 1190. The van der Waals surface area contributed by atoms with Crippen LogP contribution in [0, 0.1) is 0 Å². The Morgan fingerprint density at radius 2 is 1.97 bits per heavy atom. The van der Waals surface area contributed by atoms with Gasteiger partial charge in [-0.3, -0.25) is 14.9 Å². The van der Waals surface area contributed by atoms with Crippen molar-refractivity contribution in [3.05, 3.63) is 70.2 Å². The fourth-order valence-corrected chi connectivity index (χ4v) is 5.44. The van der Waals surface area contributed by atoms with Crippen LogP contribution in [0.25, 0.3) is 0 Å². The molecule has 0 fully saturated rings. The number of hydrogen-bond donors (Lipinski definition) is 2. The van der Waals surface area contributed by atoms with Crippen LogP contribution in [-0.4, -0.2) is 29.6 Å². The number of anilines is 1. The molecule has 2 heterocycles. The molecule has 1 aliphatic carbocycles. The molecule has 2 unspecified atom stereocenters. The molecule has 8 heteroatoms. The van der Waals surface area contributed by atoms with Gasteiger partial charge < -0.3 is 14.8 Å². The van der Waals surface area contributed by atoms with Gasteiger partial charge in [-0.15, -0.1) is 11.3 Å². The maximum Gasteiger partial charge on any atom is 0.257 e. The number of fused-ring (bicyclic) bond motifs is 2. The van der Waals surface area contributed by atoms with Crippen LogP contribution in [0.3, 0.4) is 0 Å². The van der Waals surface area contributed by atoms with Gasteiger partial charge in [-0.25, -0.2) is 4.98 Å². The molecule has 2 aliphatic rings. The lowest BCUT2D eigenvalue weighted by atomic mass is 9.90. The fourth-order valence-electron chi connectivity index (χ4n) is 4.38. The predicted octanol–water partition coefficient (Wildman–Crippen LogP) is 4.68. The number of amides is 2. The molecule has 2 amide bonds. The number of aryl methyl sites for hydroxylation is 2. The predicted molar refractivity (Wildman–Crippen MR) is 131 cm³/mol. The third-order valence-electron chi connectivity index (χ3n) is 6.22. The van der Waals surface area contributed by atoms with Gasteiger partial charge in [0.25, 0.3) is 5.91 Å². The van der Waals surface area contributed by atoms with Crippen LogP contribution >= 0.6 is 11.3 Å². The summed E-state index contributed by atoms with van der Waals surface area (Å²) in [6.07, 6.45) is 4.37. The first-order valence-corrected chi connectivity index (χ1v) is 12.4. The topological polar surface area (TPSA) is 89.6 Å². The summed E-state index contributed by atoms with van der Waals surface area (Å²) in [7, 11) is 0. The average molecular weight is 478 g/mol. The zero-order chi connectivity index (χ0) is 23.5. The molecule has 0 saturated carbocycles. The van der Waals surface area contributed by atoms with Crippen molar-refractivity contribution in [2.45, 2.75) is 51.0 Å². The zero-order valence-electron chi connectivity index (χ0n) is 19.0. The smallest absolute Gasteiger partial charge is 0.257 e. The van der Waals surface area contributed by atoms with Gasteiger partial charge in [0.1, 0.15) is 0 Å². The molecule has 2 aromatic carbocycles. The van der Waals surface area contributed by atoms with Gasteiger partial charge in [0.15, 0.2) is 16.6 Å². The van der Waals surface area contributed by atoms with Crippen LogP contribution in [0.1, 0.15) is 58.6 Å². The summed E-state index contributed by atoms with van der Waals surface area (Å²) in [4.78, 5) is 31.6. The molecule has 0 radical (unpaired) electrons. The van der Waals surface area contributed by atoms with Crippen LogP contribution in [0.4, 0.5) is 5.13 Å². The van der Waals surface area contributed by atoms with E-state index in [1.807, 2.05) is 25.1 Å². The van der Waals surface area contributed by atoms with Gasteiger partial charge in [-0.1, -0.05) is 30.3 Å². The van der Waals surface area contributed by atoms with E-state index >= 15 is 0 Å². The van der Waals surface area contributed by atoms with Crippen molar-refractivity contribution in [1.82, 2.24) is 10.3 Å². The highest BCUT2D eigenvalue weighted by molar-refractivity contribution is 7.16. The van der Waals surface area contributed by atoms with E-state index in [0.717, 1.165) is 42.7 Å². The minimum Gasteiger partial charge on any atom is -0.454 e. The van der Waals surface area contributed by atoms with E-state index < -0.39 is 0 Å². The summed E-state index contributed by atoms with van der Waals surface area (Å²) < 4.78 is 10.7. The van der Waals surface area contributed by atoms with Crippen LogP contribution in [0.5, 0.6) is 11.5 Å². The lowest BCUT2D eigenvalue weighted by Crippen LogP contribution is -2.37. The van der Waals surface area contributed by atoms with E-state index in [0.29, 0.717) is 22.2 Å². The number of benzene rings is 2. The van der Waals surface area contributed by atoms with E-state index in [2.05, 4.69) is 27.8 Å². The van der Waals surface area contributed by atoms with Gasteiger partial charge in [-0.05, 0) is 62.8 Å². The molecule has 7 nitrogen and oxygen atoms in total. The Labute approximate surface area is 202 Å². The van der Waals surface area contributed by atoms with Gasteiger partial charge in [-0.2, -0.15) is 0 Å². The second-order valence-corrected chi connectivity index (χ2v) is 9.81. The normalized spacial score (nSPS) is 17.0. The number of rotatable bonds is 7. The van der Waals surface area contributed by atoms with Crippen LogP contribution in [0.15, 0.2) is 48.5 Å². The van der Waals surface area contributed by atoms with Crippen LogP contribution in [-0.2, 0) is 17.6 Å². The van der Waals surface area contributed by atoms with Crippen molar-refractivity contribution in [3.63, 3.8) is 0 Å². The summed E-state index contributed by atoms with van der Waals surface area (Å²) in [5.41, 5.74) is 2.54. The summed E-state index contributed by atoms with van der Waals surface area (Å²) >= 11 is 1.45. The fraction of sp³-hybridized carbons (Fsp3) is 0.346. The highest BCUT2D eigenvalue weighted by atomic mass is 32.1. The Hall–Kier alpha value is -3.39. The zero-order valence-corrected chi connectivity index (χ0v) is 19.8. The highest BCUT2D eigenvalue weighted by Crippen LogP contribution is 2.37. The molecule has 5 rings (SSSR count). The number of nitrogens with one attached hydrogen (secondary N) is 2. The van der Waals surface area contributed by atoms with E-state index in [9.17, 15) is 9.59 Å². The van der Waals surface area contributed by atoms with Gasteiger partial charge in [0, 0.05) is 16.5 Å². The second-order valence-electron chi connectivity index (χ2n) is 8.73. The molecule has 2 atom stereocenters. The Morgan fingerprint density at radius 1 is 1.15 bits per heavy atom. The van der Waals surface area contributed by atoms with Crippen molar-refractivity contribution in [2.24, 2.45) is 0 Å². The molecule has 3 aromatic rings. The number of nitrogens with zero attached hydrogens (tertiary/aromatic N) is 1. The molecule has 2 N–H and O–H groups in total. The van der Waals surface area contributed by atoms with Crippen molar-refractivity contribution in [3.8, 4) is 11.5 Å². The van der Waals surface area contributed by atoms with E-state index in [1.54, 1.807) is 18.2 Å². The molecule has 1 aliphatic heterocycles. The summed E-state index contributed by atoms with van der Waals surface area (Å²) in [5.74, 6) is 0.660. The standard InChI is InChI=1S/C26H27N3O4S/c1-16(10-11-17-6-3-2-4-7-17)27-25(31)19-8-5-9-22-23(19)28-26(34-22)29-24(30)18-12-13-20-21(14-18)33-15-32-20/h2-4,6-7,12-14,16,19H,5,8-11,15H2,1H3,(H,27,31)(H,28,29,30). The monoisotopic (exact) mass is 477 g/mol. The largest absolute Gasteiger partial charge is 0.454 e. The molecule has 0 bridgehead atoms. The number of aromatic nitrogens is 1. The SMILES string of the molecule is CC(CCc1ccccc1)NC(=O)C1CCCc2sc(NC(=O)c3ccc4c(c3)OCO4)nc21. The summed E-state index contributed by atoms with van der Waals surface area (Å²) in [5, 5.41) is 6.58. The Morgan fingerprint density at radius 3 is 2.82 bits per heavy atom. The molecule has 0 saturated heterocycles. The number of thiazole rings is 1. The van der Waals surface area contributed by atoms with Gasteiger partial charge in [0.2, 0.25) is 12.7 Å². The third-order valence-corrected chi connectivity index (χ3v) is 7.27. The van der Waals surface area contributed by atoms with Crippen molar-refractivity contribution in [1.29, 1.82) is 0 Å².